The fourth-order valence-electron chi connectivity index (χ4n) is 2.65. The average Bonchev–Trinajstić information content (AvgIpc) is 2.43. The van der Waals surface area contributed by atoms with Gasteiger partial charge < -0.3 is 4.74 Å². The van der Waals surface area contributed by atoms with Crippen LogP contribution in [0.1, 0.15) is 13.8 Å². The third kappa shape index (κ3) is 5.56. The molecule has 0 bridgehead atoms. The number of hydrogen-bond acceptors (Lipinski definition) is 4. The van der Waals surface area contributed by atoms with Crippen LogP contribution in [0.3, 0.4) is 0 Å². The Morgan fingerprint density at radius 3 is 2.58 bits per heavy atom. The van der Waals surface area contributed by atoms with Gasteiger partial charge in [0, 0.05) is 30.7 Å². The van der Waals surface area contributed by atoms with Gasteiger partial charge in [0.25, 0.3) is 0 Å². The Bertz CT molecular complexity index is 662. The molecule has 5 nitrogen and oxygen atoms in total. The second-order valence-electron chi connectivity index (χ2n) is 6.20. The number of nitrogens with zero attached hydrogens (tertiary/aromatic N) is 1. The molecule has 0 amide bonds. The maximum absolute atomic E-state index is 12.5. The van der Waals surface area contributed by atoms with Crippen molar-refractivity contribution in [3.8, 4) is 0 Å². The lowest BCUT2D eigenvalue weighted by Gasteiger charge is -2.33. The Labute approximate surface area is 161 Å². The summed E-state index contributed by atoms with van der Waals surface area (Å²) in [5.74, 6) is 0.556. The molecular formula is C15H21BrCl2N2O3S. The normalized spacial score (nSPS) is 19.8. The van der Waals surface area contributed by atoms with Gasteiger partial charge in [0.2, 0.25) is 10.0 Å². The highest BCUT2D eigenvalue weighted by Crippen LogP contribution is 2.32. The molecular weight excluding hydrogens is 439 g/mol. The first-order valence-electron chi connectivity index (χ1n) is 7.67. The maximum atomic E-state index is 12.5. The highest BCUT2D eigenvalue weighted by Gasteiger charge is 2.26. The van der Waals surface area contributed by atoms with Crippen LogP contribution in [-0.4, -0.2) is 52.2 Å². The van der Waals surface area contributed by atoms with Crippen LogP contribution in [0.15, 0.2) is 21.5 Å². The van der Waals surface area contributed by atoms with Gasteiger partial charge in [-0.3, -0.25) is 4.90 Å². The molecule has 1 heterocycles. The summed E-state index contributed by atoms with van der Waals surface area (Å²) in [4.78, 5) is 2.18. The summed E-state index contributed by atoms with van der Waals surface area (Å²) in [7, 11) is -3.81. The lowest BCUT2D eigenvalue weighted by atomic mass is 10.2. The SMILES string of the molecule is CC(C)CN1CCOC(CNS(=O)(=O)c2c(Cl)cc(Br)cc2Cl)C1. The van der Waals surface area contributed by atoms with Crippen LogP contribution < -0.4 is 4.72 Å². The predicted octanol–water partition coefficient (Wildman–Crippen LogP) is 3.39. The van der Waals surface area contributed by atoms with E-state index in [1.165, 1.54) is 12.1 Å². The molecule has 1 aromatic rings. The number of ether oxygens (including phenoxy) is 1. The van der Waals surface area contributed by atoms with E-state index < -0.39 is 10.0 Å². The van der Waals surface area contributed by atoms with Gasteiger partial charge in [0.1, 0.15) is 4.90 Å². The maximum Gasteiger partial charge on any atom is 0.243 e. The quantitative estimate of drug-likeness (QED) is 0.708. The van der Waals surface area contributed by atoms with Crippen LogP contribution in [0.2, 0.25) is 10.0 Å². The molecule has 1 aliphatic heterocycles. The number of benzene rings is 1. The molecule has 1 aromatic carbocycles. The highest BCUT2D eigenvalue weighted by molar-refractivity contribution is 9.10. The third-order valence-corrected chi connectivity index (χ3v) is 6.38. The van der Waals surface area contributed by atoms with Crippen molar-refractivity contribution in [2.75, 3.05) is 32.8 Å². The highest BCUT2D eigenvalue weighted by atomic mass is 79.9. The zero-order valence-corrected chi connectivity index (χ0v) is 17.5. The first-order chi connectivity index (χ1) is 11.2. The number of rotatable bonds is 6. The molecule has 1 saturated heterocycles. The van der Waals surface area contributed by atoms with Gasteiger partial charge in [-0.1, -0.05) is 53.0 Å². The lowest BCUT2D eigenvalue weighted by molar-refractivity contribution is -0.0280. The smallest absolute Gasteiger partial charge is 0.243 e. The minimum absolute atomic E-state index is 0.0767. The molecule has 0 spiro atoms. The minimum Gasteiger partial charge on any atom is -0.374 e. The zero-order valence-electron chi connectivity index (χ0n) is 13.6. The van der Waals surface area contributed by atoms with Crippen LogP contribution in [-0.2, 0) is 14.8 Å². The van der Waals surface area contributed by atoms with Crippen LogP contribution >= 0.6 is 39.1 Å². The summed E-state index contributed by atoms with van der Waals surface area (Å²) in [6.07, 6.45) is -0.194. The van der Waals surface area contributed by atoms with Gasteiger partial charge in [-0.2, -0.15) is 0 Å². The molecule has 0 aliphatic carbocycles. The van der Waals surface area contributed by atoms with Crippen molar-refractivity contribution in [3.63, 3.8) is 0 Å². The van der Waals surface area contributed by atoms with Gasteiger partial charge in [0.05, 0.1) is 22.8 Å². The molecule has 1 unspecified atom stereocenters. The van der Waals surface area contributed by atoms with Crippen molar-refractivity contribution < 1.29 is 13.2 Å². The number of nitrogens with one attached hydrogen (secondary N) is 1. The molecule has 24 heavy (non-hydrogen) atoms. The molecule has 0 saturated carbocycles. The average molecular weight is 460 g/mol. The van der Waals surface area contributed by atoms with E-state index >= 15 is 0 Å². The molecule has 136 valence electrons. The molecule has 2 rings (SSSR count). The van der Waals surface area contributed by atoms with E-state index in [1.807, 2.05) is 0 Å². The molecule has 0 aromatic heterocycles. The Kier molecular flexibility index (Phi) is 7.37. The van der Waals surface area contributed by atoms with Crippen molar-refractivity contribution >= 4 is 49.2 Å². The van der Waals surface area contributed by atoms with E-state index in [9.17, 15) is 8.42 Å². The van der Waals surface area contributed by atoms with E-state index in [4.69, 9.17) is 27.9 Å². The summed E-state index contributed by atoms with van der Waals surface area (Å²) in [5, 5.41) is 0.153. The van der Waals surface area contributed by atoms with Crippen molar-refractivity contribution in [3.05, 3.63) is 26.7 Å². The first-order valence-corrected chi connectivity index (χ1v) is 10.7. The molecule has 0 radical (unpaired) electrons. The molecule has 9 heteroatoms. The van der Waals surface area contributed by atoms with E-state index in [1.54, 1.807) is 0 Å². The Hall–Kier alpha value is 0.110. The summed E-state index contributed by atoms with van der Waals surface area (Å²) in [5.41, 5.74) is 0. The van der Waals surface area contributed by atoms with Crippen molar-refractivity contribution in [2.24, 2.45) is 5.92 Å². The van der Waals surface area contributed by atoms with E-state index in [0.29, 0.717) is 23.5 Å². The molecule has 1 atom stereocenters. The second kappa shape index (κ2) is 8.66. The Balaban J connectivity index is 2.03. The molecule has 1 aliphatic rings. The minimum atomic E-state index is -3.81. The van der Waals surface area contributed by atoms with E-state index in [2.05, 4.69) is 39.4 Å². The second-order valence-corrected chi connectivity index (χ2v) is 9.63. The molecule has 1 N–H and O–H groups in total. The number of sulfonamides is 1. The Morgan fingerprint density at radius 1 is 1.38 bits per heavy atom. The van der Waals surface area contributed by atoms with E-state index in [-0.39, 0.29) is 27.6 Å². The third-order valence-electron chi connectivity index (χ3n) is 3.58. The van der Waals surface area contributed by atoms with Gasteiger partial charge in [-0.25, -0.2) is 13.1 Å². The van der Waals surface area contributed by atoms with Crippen molar-refractivity contribution in [2.45, 2.75) is 24.8 Å². The summed E-state index contributed by atoms with van der Waals surface area (Å²) >= 11 is 15.3. The standard InChI is InChI=1S/C15H21BrCl2N2O3S/c1-10(2)8-20-3-4-23-12(9-20)7-19-24(21,22)15-13(17)5-11(16)6-14(15)18/h5-6,10,12,19H,3-4,7-9H2,1-2H3. The van der Waals surface area contributed by atoms with Crippen LogP contribution in [0.4, 0.5) is 0 Å². The lowest BCUT2D eigenvalue weighted by Crippen LogP contribution is -2.48. The summed E-state index contributed by atoms with van der Waals surface area (Å²) in [6, 6.07) is 3.01. The fraction of sp³-hybridized carbons (Fsp3) is 0.600. The van der Waals surface area contributed by atoms with Crippen LogP contribution in [0, 0.1) is 5.92 Å². The number of morpholine rings is 1. The molecule has 1 fully saturated rings. The predicted molar refractivity (Wildman–Crippen MR) is 100 cm³/mol. The number of hydrogen-bond donors (Lipinski definition) is 1. The van der Waals surface area contributed by atoms with Gasteiger partial charge in [-0.15, -0.1) is 0 Å². The van der Waals surface area contributed by atoms with Crippen LogP contribution in [0.25, 0.3) is 0 Å². The summed E-state index contributed by atoms with van der Waals surface area (Å²) in [6.45, 7) is 7.62. The van der Waals surface area contributed by atoms with Crippen LogP contribution in [0.5, 0.6) is 0 Å². The van der Waals surface area contributed by atoms with E-state index in [0.717, 1.165) is 13.1 Å². The summed E-state index contributed by atoms with van der Waals surface area (Å²) < 4.78 is 33.9. The number of halogens is 3. The topological polar surface area (TPSA) is 58.6 Å². The van der Waals surface area contributed by atoms with Crippen molar-refractivity contribution in [1.82, 2.24) is 9.62 Å². The van der Waals surface area contributed by atoms with Gasteiger partial charge in [-0.05, 0) is 18.1 Å². The first kappa shape index (κ1) is 20.4. The Morgan fingerprint density at radius 2 is 2.00 bits per heavy atom. The van der Waals surface area contributed by atoms with Gasteiger partial charge in [0.15, 0.2) is 0 Å². The largest absolute Gasteiger partial charge is 0.374 e. The van der Waals surface area contributed by atoms with Crippen molar-refractivity contribution in [1.29, 1.82) is 0 Å². The zero-order chi connectivity index (χ0) is 17.9. The van der Waals surface area contributed by atoms with Gasteiger partial charge >= 0.3 is 0 Å². The monoisotopic (exact) mass is 458 g/mol. The fourth-order valence-corrected chi connectivity index (χ4v) is 5.65.